The van der Waals surface area contributed by atoms with Gasteiger partial charge in [-0.1, -0.05) is 29.8 Å². The molecule has 0 fully saturated rings. The van der Waals surface area contributed by atoms with Crippen molar-refractivity contribution < 1.29 is 9.13 Å². The molecule has 0 atom stereocenters. The number of fused-ring (bicyclic) bond motifs is 1. The topological polar surface area (TPSA) is 27.1 Å². The summed E-state index contributed by atoms with van der Waals surface area (Å²) in [7, 11) is 0. The minimum Gasteiger partial charge on any atom is -0.487 e. The van der Waals surface area contributed by atoms with Crippen molar-refractivity contribution in [2.45, 2.75) is 27.0 Å². The summed E-state index contributed by atoms with van der Waals surface area (Å²) in [6.45, 7) is 4.90. The second-order valence-electron chi connectivity index (χ2n) is 6.78. The van der Waals surface area contributed by atoms with E-state index in [4.69, 9.17) is 16.3 Å². The molecule has 0 radical (unpaired) electrons. The number of halogens is 3. The van der Waals surface area contributed by atoms with Gasteiger partial charge in [-0.05, 0) is 55.8 Å². The van der Waals surface area contributed by atoms with Crippen molar-refractivity contribution in [1.29, 1.82) is 0 Å². The molecular formula is C23H21Cl2FN2O. The average Bonchev–Trinajstić information content (AvgIpc) is 2.95. The second kappa shape index (κ2) is 8.85. The fraction of sp³-hybridized carbons (Fsp3) is 0.174. The Labute approximate surface area is 180 Å². The third kappa shape index (κ3) is 4.24. The molecule has 0 aliphatic heterocycles. The third-order valence-corrected chi connectivity index (χ3v) is 5.35. The van der Waals surface area contributed by atoms with E-state index in [1.165, 1.54) is 11.6 Å². The standard InChI is InChI=1S/C23H20ClFN2O.ClH/c1-15-16(2)27(13-17-5-3-4-6-21(17)25)23-20(15)11-12-26-22(23)14-28-19-9-7-18(24)8-10-19;/h3-12H,13-14H2,1-2H3;1H. The number of aryl methyl sites for hydroxylation is 1. The van der Waals surface area contributed by atoms with Gasteiger partial charge in [-0.2, -0.15) is 0 Å². The van der Waals surface area contributed by atoms with E-state index in [9.17, 15) is 4.39 Å². The Morgan fingerprint density at radius 2 is 1.76 bits per heavy atom. The molecule has 0 saturated heterocycles. The Bertz CT molecular complexity index is 1140. The van der Waals surface area contributed by atoms with Crippen LogP contribution in [-0.4, -0.2) is 9.55 Å². The molecule has 4 rings (SSSR count). The number of hydrogen-bond donors (Lipinski definition) is 0. The van der Waals surface area contributed by atoms with Crippen molar-refractivity contribution in [3.05, 3.63) is 94.1 Å². The zero-order valence-electron chi connectivity index (χ0n) is 16.2. The van der Waals surface area contributed by atoms with Crippen LogP contribution >= 0.6 is 24.0 Å². The molecule has 2 heterocycles. The van der Waals surface area contributed by atoms with Gasteiger partial charge >= 0.3 is 0 Å². The molecule has 2 aromatic carbocycles. The molecule has 0 spiro atoms. The summed E-state index contributed by atoms with van der Waals surface area (Å²) in [6.07, 6.45) is 1.79. The van der Waals surface area contributed by atoms with Gasteiger partial charge < -0.3 is 9.30 Å². The van der Waals surface area contributed by atoms with Crippen molar-refractivity contribution in [2.75, 3.05) is 0 Å². The summed E-state index contributed by atoms with van der Waals surface area (Å²) < 4.78 is 22.3. The number of hydrogen-bond acceptors (Lipinski definition) is 2. The Hall–Kier alpha value is -2.56. The number of ether oxygens (including phenoxy) is 1. The fourth-order valence-corrected chi connectivity index (χ4v) is 3.57. The van der Waals surface area contributed by atoms with Crippen LogP contribution in [0.5, 0.6) is 5.75 Å². The third-order valence-electron chi connectivity index (χ3n) is 5.10. The summed E-state index contributed by atoms with van der Waals surface area (Å²) in [6, 6.07) is 16.1. The summed E-state index contributed by atoms with van der Waals surface area (Å²) >= 11 is 5.94. The van der Waals surface area contributed by atoms with Gasteiger partial charge in [0.05, 0.1) is 12.1 Å². The first-order valence-corrected chi connectivity index (χ1v) is 9.47. The molecular weight excluding hydrogens is 410 g/mol. The molecule has 4 aromatic rings. The van der Waals surface area contributed by atoms with Gasteiger partial charge in [0, 0.05) is 27.9 Å². The average molecular weight is 431 g/mol. The highest BCUT2D eigenvalue weighted by molar-refractivity contribution is 6.30. The molecule has 0 saturated carbocycles. The van der Waals surface area contributed by atoms with E-state index in [0.717, 1.165) is 28.0 Å². The van der Waals surface area contributed by atoms with Crippen LogP contribution in [0.1, 0.15) is 22.5 Å². The maximum absolute atomic E-state index is 14.3. The van der Waals surface area contributed by atoms with Crippen LogP contribution in [0.2, 0.25) is 5.02 Å². The monoisotopic (exact) mass is 430 g/mol. The van der Waals surface area contributed by atoms with E-state index in [0.29, 0.717) is 23.7 Å². The van der Waals surface area contributed by atoms with Crippen molar-refractivity contribution in [3.63, 3.8) is 0 Å². The van der Waals surface area contributed by atoms with E-state index in [-0.39, 0.29) is 18.2 Å². The lowest BCUT2D eigenvalue weighted by Gasteiger charge is -2.13. The van der Waals surface area contributed by atoms with Gasteiger partial charge in [0.2, 0.25) is 0 Å². The largest absolute Gasteiger partial charge is 0.487 e. The fourth-order valence-electron chi connectivity index (χ4n) is 3.45. The number of nitrogens with zero attached hydrogens (tertiary/aromatic N) is 2. The number of rotatable bonds is 5. The van der Waals surface area contributed by atoms with E-state index in [1.54, 1.807) is 24.4 Å². The molecule has 150 valence electrons. The summed E-state index contributed by atoms with van der Waals surface area (Å²) in [4.78, 5) is 4.55. The minimum absolute atomic E-state index is 0. The molecule has 0 bridgehead atoms. The van der Waals surface area contributed by atoms with Crippen LogP contribution in [-0.2, 0) is 13.2 Å². The van der Waals surface area contributed by atoms with Crippen molar-refractivity contribution in [3.8, 4) is 5.75 Å². The first-order valence-electron chi connectivity index (χ1n) is 9.09. The zero-order chi connectivity index (χ0) is 19.7. The molecule has 0 aliphatic rings. The lowest BCUT2D eigenvalue weighted by atomic mass is 10.2. The van der Waals surface area contributed by atoms with Gasteiger partial charge in [0.1, 0.15) is 23.9 Å². The predicted molar refractivity (Wildman–Crippen MR) is 118 cm³/mol. The first-order chi connectivity index (χ1) is 13.5. The van der Waals surface area contributed by atoms with Crippen LogP contribution < -0.4 is 4.74 Å². The molecule has 0 aliphatic carbocycles. The van der Waals surface area contributed by atoms with Gasteiger partial charge in [-0.25, -0.2) is 4.39 Å². The number of benzene rings is 2. The maximum atomic E-state index is 14.3. The summed E-state index contributed by atoms with van der Waals surface area (Å²) in [5.74, 6) is 0.521. The van der Waals surface area contributed by atoms with E-state index < -0.39 is 0 Å². The Balaban J connectivity index is 0.00000240. The van der Waals surface area contributed by atoms with E-state index in [2.05, 4.69) is 23.4 Å². The van der Waals surface area contributed by atoms with Crippen LogP contribution in [0.15, 0.2) is 60.8 Å². The number of pyridine rings is 1. The second-order valence-corrected chi connectivity index (χ2v) is 7.22. The SMILES string of the molecule is Cc1c(C)n(Cc2ccccc2F)c2c(COc3ccc(Cl)cc3)nccc12.Cl. The Morgan fingerprint density at radius 3 is 2.48 bits per heavy atom. The van der Waals surface area contributed by atoms with Crippen molar-refractivity contribution >= 4 is 34.9 Å². The predicted octanol–water partition coefficient (Wildman–Crippen LogP) is 6.49. The zero-order valence-corrected chi connectivity index (χ0v) is 17.7. The molecule has 2 aromatic heterocycles. The van der Waals surface area contributed by atoms with Crippen LogP contribution in [0.4, 0.5) is 4.39 Å². The highest BCUT2D eigenvalue weighted by atomic mass is 35.5. The molecule has 0 unspecified atom stereocenters. The van der Waals surface area contributed by atoms with Crippen molar-refractivity contribution in [1.82, 2.24) is 9.55 Å². The van der Waals surface area contributed by atoms with E-state index in [1.807, 2.05) is 30.3 Å². The van der Waals surface area contributed by atoms with Crippen LogP contribution in [0.25, 0.3) is 10.9 Å². The van der Waals surface area contributed by atoms with Gasteiger partial charge in [0.25, 0.3) is 0 Å². The highest BCUT2D eigenvalue weighted by Gasteiger charge is 2.17. The molecule has 6 heteroatoms. The smallest absolute Gasteiger partial charge is 0.132 e. The molecule has 0 amide bonds. The summed E-state index contributed by atoms with van der Waals surface area (Å²) in [5.41, 5.74) is 4.71. The molecule has 0 N–H and O–H groups in total. The summed E-state index contributed by atoms with van der Waals surface area (Å²) in [5, 5.41) is 1.77. The van der Waals surface area contributed by atoms with Gasteiger partial charge in [-0.3, -0.25) is 4.98 Å². The van der Waals surface area contributed by atoms with Gasteiger partial charge in [-0.15, -0.1) is 12.4 Å². The van der Waals surface area contributed by atoms with Crippen LogP contribution in [0.3, 0.4) is 0 Å². The lowest BCUT2D eigenvalue weighted by molar-refractivity contribution is 0.302. The molecule has 3 nitrogen and oxygen atoms in total. The highest BCUT2D eigenvalue weighted by Crippen LogP contribution is 2.29. The first kappa shape index (κ1) is 21.2. The normalized spacial score (nSPS) is 10.8. The molecule has 29 heavy (non-hydrogen) atoms. The minimum atomic E-state index is -0.204. The number of aromatic nitrogens is 2. The van der Waals surface area contributed by atoms with Crippen LogP contribution in [0, 0.1) is 19.7 Å². The maximum Gasteiger partial charge on any atom is 0.132 e. The Kier molecular flexibility index (Phi) is 6.46. The quantitative estimate of drug-likeness (QED) is 0.361. The van der Waals surface area contributed by atoms with Gasteiger partial charge in [0.15, 0.2) is 0 Å². The van der Waals surface area contributed by atoms with Crippen molar-refractivity contribution in [2.24, 2.45) is 0 Å². The van der Waals surface area contributed by atoms with E-state index >= 15 is 0 Å². The Morgan fingerprint density at radius 1 is 1.03 bits per heavy atom. The lowest BCUT2D eigenvalue weighted by Crippen LogP contribution is -2.07.